The number of carboxylic acid groups (broad SMARTS) is 1. The number of rotatable bonds is 11. The van der Waals surface area contributed by atoms with Crippen molar-refractivity contribution in [2.75, 3.05) is 18.4 Å². The van der Waals surface area contributed by atoms with Crippen LogP contribution in [-0.2, 0) is 0 Å². The Labute approximate surface area is 143 Å². The van der Waals surface area contributed by atoms with Gasteiger partial charge in [-0.15, -0.1) is 0 Å². The SMILES string of the molecule is CCCC(O)(CCC)CNc1cccc(C(O)CCNC(=O)O)c1. The Bertz CT molecular complexity index is 502. The van der Waals surface area contributed by atoms with Crippen LogP contribution in [-0.4, -0.2) is 40.1 Å². The number of hydrogen-bond acceptors (Lipinski definition) is 4. The van der Waals surface area contributed by atoms with Crippen LogP contribution < -0.4 is 10.6 Å². The highest BCUT2D eigenvalue weighted by molar-refractivity contribution is 5.64. The molecule has 1 atom stereocenters. The van der Waals surface area contributed by atoms with Gasteiger partial charge in [0.2, 0.25) is 0 Å². The molecule has 0 aromatic heterocycles. The summed E-state index contributed by atoms with van der Waals surface area (Å²) < 4.78 is 0. The van der Waals surface area contributed by atoms with Gasteiger partial charge < -0.3 is 26.0 Å². The second-order valence-corrected chi connectivity index (χ2v) is 6.24. The molecule has 0 saturated heterocycles. The van der Waals surface area contributed by atoms with Crippen molar-refractivity contribution in [2.45, 2.75) is 57.7 Å². The summed E-state index contributed by atoms with van der Waals surface area (Å²) in [6.45, 7) is 4.78. The van der Waals surface area contributed by atoms with Gasteiger partial charge in [0.15, 0.2) is 0 Å². The first kappa shape index (κ1) is 20.3. The number of hydrogen-bond donors (Lipinski definition) is 5. The monoisotopic (exact) mass is 338 g/mol. The Morgan fingerprint density at radius 3 is 2.50 bits per heavy atom. The van der Waals surface area contributed by atoms with Gasteiger partial charge in [0.05, 0.1) is 11.7 Å². The normalized spacial score (nSPS) is 12.7. The van der Waals surface area contributed by atoms with Crippen molar-refractivity contribution in [3.8, 4) is 0 Å². The molecule has 1 aromatic rings. The molecular formula is C18H30N2O4. The predicted octanol–water partition coefficient (Wildman–Crippen LogP) is 3.12. The van der Waals surface area contributed by atoms with E-state index in [-0.39, 0.29) is 6.54 Å². The summed E-state index contributed by atoms with van der Waals surface area (Å²) in [4.78, 5) is 10.4. The summed E-state index contributed by atoms with van der Waals surface area (Å²) in [5.74, 6) is 0. The molecule has 6 heteroatoms. The molecule has 5 N–H and O–H groups in total. The van der Waals surface area contributed by atoms with Gasteiger partial charge >= 0.3 is 6.09 Å². The van der Waals surface area contributed by atoms with E-state index in [0.717, 1.165) is 36.9 Å². The van der Waals surface area contributed by atoms with Crippen molar-refractivity contribution in [2.24, 2.45) is 0 Å². The fourth-order valence-electron chi connectivity index (χ4n) is 2.84. The van der Waals surface area contributed by atoms with Crippen LogP contribution in [0, 0.1) is 0 Å². The summed E-state index contributed by atoms with van der Waals surface area (Å²) in [6.07, 6.45) is 1.83. The van der Waals surface area contributed by atoms with Crippen molar-refractivity contribution < 1.29 is 20.1 Å². The van der Waals surface area contributed by atoms with Gasteiger partial charge in [-0.2, -0.15) is 0 Å². The van der Waals surface area contributed by atoms with E-state index in [0.29, 0.717) is 13.0 Å². The number of anilines is 1. The summed E-state index contributed by atoms with van der Waals surface area (Å²) in [7, 11) is 0. The summed E-state index contributed by atoms with van der Waals surface area (Å²) in [6, 6.07) is 7.37. The van der Waals surface area contributed by atoms with E-state index < -0.39 is 17.8 Å². The maximum absolute atomic E-state index is 10.6. The highest BCUT2D eigenvalue weighted by atomic mass is 16.4. The maximum atomic E-state index is 10.6. The molecule has 0 fully saturated rings. The van der Waals surface area contributed by atoms with E-state index in [4.69, 9.17) is 5.11 Å². The van der Waals surface area contributed by atoms with Crippen LogP contribution in [0.3, 0.4) is 0 Å². The number of aliphatic hydroxyl groups excluding tert-OH is 1. The Kier molecular flexibility index (Phi) is 8.57. The standard InChI is InChI=1S/C18H30N2O4/c1-3-9-18(24,10-4-2)13-20-15-7-5-6-14(12-15)16(21)8-11-19-17(22)23/h5-7,12,16,19-21,24H,3-4,8-11,13H2,1-2H3,(H,22,23). The van der Waals surface area contributed by atoms with Crippen molar-refractivity contribution in [3.63, 3.8) is 0 Å². The number of amides is 1. The molecule has 0 aliphatic heterocycles. The van der Waals surface area contributed by atoms with Crippen molar-refractivity contribution in [3.05, 3.63) is 29.8 Å². The lowest BCUT2D eigenvalue weighted by Gasteiger charge is -2.28. The molecule has 1 amide bonds. The predicted molar refractivity (Wildman–Crippen MR) is 95.3 cm³/mol. The first-order chi connectivity index (χ1) is 11.4. The minimum absolute atomic E-state index is 0.195. The molecule has 0 aliphatic carbocycles. The molecular weight excluding hydrogens is 308 g/mol. The molecule has 1 unspecified atom stereocenters. The fraction of sp³-hybridized carbons (Fsp3) is 0.611. The molecule has 0 heterocycles. The third-order valence-corrected chi connectivity index (χ3v) is 4.02. The largest absolute Gasteiger partial charge is 0.465 e. The number of nitrogens with one attached hydrogen (secondary N) is 2. The molecule has 0 aliphatic rings. The zero-order valence-corrected chi connectivity index (χ0v) is 14.6. The average molecular weight is 338 g/mol. The van der Waals surface area contributed by atoms with Gasteiger partial charge in [-0.25, -0.2) is 4.79 Å². The highest BCUT2D eigenvalue weighted by Gasteiger charge is 2.24. The van der Waals surface area contributed by atoms with E-state index in [2.05, 4.69) is 24.5 Å². The Hall–Kier alpha value is -1.79. The van der Waals surface area contributed by atoms with Gasteiger partial charge in [-0.3, -0.25) is 0 Å². The van der Waals surface area contributed by atoms with E-state index in [1.54, 1.807) is 6.07 Å². The van der Waals surface area contributed by atoms with Crippen LogP contribution in [0.5, 0.6) is 0 Å². The Morgan fingerprint density at radius 1 is 1.25 bits per heavy atom. The van der Waals surface area contributed by atoms with E-state index >= 15 is 0 Å². The number of carbonyl (C=O) groups is 1. The van der Waals surface area contributed by atoms with Crippen LogP contribution in [0.4, 0.5) is 10.5 Å². The molecule has 0 radical (unpaired) electrons. The second kappa shape index (κ2) is 10.2. The number of aliphatic hydroxyl groups is 2. The van der Waals surface area contributed by atoms with Crippen molar-refractivity contribution >= 4 is 11.8 Å². The molecule has 6 nitrogen and oxygen atoms in total. The first-order valence-corrected chi connectivity index (χ1v) is 8.61. The average Bonchev–Trinajstić information content (AvgIpc) is 2.53. The Balaban J connectivity index is 2.62. The van der Waals surface area contributed by atoms with Gasteiger partial charge in [0.25, 0.3) is 0 Å². The lowest BCUT2D eigenvalue weighted by atomic mass is 9.92. The van der Waals surface area contributed by atoms with E-state index in [9.17, 15) is 15.0 Å². The fourth-order valence-corrected chi connectivity index (χ4v) is 2.84. The smallest absolute Gasteiger partial charge is 0.404 e. The molecule has 0 bridgehead atoms. The summed E-state index contributed by atoms with van der Waals surface area (Å²) in [5.41, 5.74) is 0.842. The lowest BCUT2D eigenvalue weighted by molar-refractivity contribution is 0.0344. The lowest BCUT2D eigenvalue weighted by Crippen LogP contribution is -2.36. The van der Waals surface area contributed by atoms with Gasteiger partial charge in [-0.1, -0.05) is 38.8 Å². The van der Waals surface area contributed by atoms with Crippen LogP contribution in [0.2, 0.25) is 0 Å². The van der Waals surface area contributed by atoms with E-state index in [1.807, 2.05) is 18.2 Å². The minimum Gasteiger partial charge on any atom is -0.465 e. The topological polar surface area (TPSA) is 102 Å². The third-order valence-electron chi connectivity index (χ3n) is 4.02. The Morgan fingerprint density at radius 2 is 1.92 bits per heavy atom. The zero-order chi connectivity index (χ0) is 18.0. The summed E-state index contributed by atoms with van der Waals surface area (Å²) in [5, 5.41) is 34.8. The van der Waals surface area contributed by atoms with Crippen LogP contribution in [0.1, 0.15) is 57.6 Å². The molecule has 136 valence electrons. The maximum Gasteiger partial charge on any atom is 0.404 e. The molecule has 1 rings (SSSR count). The first-order valence-electron chi connectivity index (χ1n) is 8.61. The summed E-state index contributed by atoms with van der Waals surface area (Å²) >= 11 is 0. The molecule has 24 heavy (non-hydrogen) atoms. The van der Waals surface area contributed by atoms with Crippen LogP contribution >= 0.6 is 0 Å². The highest BCUT2D eigenvalue weighted by Crippen LogP contribution is 2.23. The van der Waals surface area contributed by atoms with Gasteiger partial charge in [0, 0.05) is 18.8 Å². The van der Waals surface area contributed by atoms with Crippen LogP contribution in [0.25, 0.3) is 0 Å². The van der Waals surface area contributed by atoms with E-state index in [1.165, 1.54) is 0 Å². The second-order valence-electron chi connectivity index (χ2n) is 6.24. The zero-order valence-electron chi connectivity index (χ0n) is 14.6. The van der Waals surface area contributed by atoms with Crippen molar-refractivity contribution in [1.82, 2.24) is 5.32 Å². The quantitative estimate of drug-likeness (QED) is 0.427. The van der Waals surface area contributed by atoms with Crippen molar-refractivity contribution in [1.29, 1.82) is 0 Å². The third kappa shape index (κ3) is 7.19. The molecule has 0 saturated carbocycles. The number of benzene rings is 1. The van der Waals surface area contributed by atoms with Gasteiger partial charge in [-0.05, 0) is 37.0 Å². The molecule has 1 aromatic carbocycles. The van der Waals surface area contributed by atoms with Gasteiger partial charge in [0.1, 0.15) is 0 Å². The minimum atomic E-state index is -1.09. The molecule has 0 spiro atoms. The van der Waals surface area contributed by atoms with Crippen LogP contribution in [0.15, 0.2) is 24.3 Å².